The summed E-state index contributed by atoms with van der Waals surface area (Å²) in [6, 6.07) is 7.67. The topological polar surface area (TPSA) is 81.7 Å². The number of ether oxygens (including phenoxy) is 7. The Bertz CT molecular complexity index is 1010. The van der Waals surface area contributed by atoms with Crippen LogP contribution in [-0.2, 0) is 14.3 Å². The van der Waals surface area contributed by atoms with E-state index in [1.54, 1.807) is 28.4 Å². The molecule has 0 aromatic heterocycles. The highest BCUT2D eigenvalue weighted by molar-refractivity contribution is 5.79. The fourth-order valence-electron chi connectivity index (χ4n) is 5.09. The molecule has 0 saturated carbocycles. The van der Waals surface area contributed by atoms with Crippen LogP contribution in [0.3, 0.4) is 0 Å². The molecule has 2 aromatic carbocycles. The van der Waals surface area contributed by atoms with Gasteiger partial charge in [-0.25, -0.2) is 0 Å². The summed E-state index contributed by atoms with van der Waals surface area (Å²) in [5.41, 5.74) is 2.76. The van der Waals surface area contributed by atoms with E-state index in [1.165, 1.54) is 0 Å². The second-order valence-electron chi connectivity index (χ2n) is 7.75. The van der Waals surface area contributed by atoms with E-state index in [2.05, 4.69) is 0 Å². The summed E-state index contributed by atoms with van der Waals surface area (Å²) < 4.78 is 39.2. The van der Waals surface area contributed by atoms with E-state index in [9.17, 15) is 4.79 Å². The normalized spacial score (nSPS) is 25.5. The van der Waals surface area contributed by atoms with Crippen molar-refractivity contribution in [1.29, 1.82) is 0 Å². The molecule has 2 aliphatic heterocycles. The number of cyclic esters (lactones) is 1. The van der Waals surface area contributed by atoms with Crippen molar-refractivity contribution in [3.05, 3.63) is 41.0 Å². The summed E-state index contributed by atoms with van der Waals surface area (Å²) in [5, 5.41) is 0. The third-order valence-corrected chi connectivity index (χ3v) is 6.42. The first-order chi connectivity index (χ1) is 15.1. The van der Waals surface area contributed by atoms with Gasteiger partial charge in [0.15, 0.2) is 23.0 Å². The average Bonchev–Trinajstić information content (AvgIpc) is 3.41. The van der Waals surface area contributed by atoms with Crippen LogP contribution >= 0.6 is 0 Å². The van der Waals surface area contributed by atoms with E-state index in [0.29, 0.717) is 35.4 Å². The fourth-order valence-corrected chi connectivity index (χ4v) is 5.09. The van der Waals surface area contributed by atoms with Gasteiger partial charge in [-0.3, -0.25) is 4.79 Å². The number of rotatable bonds is 5. The first-order valence-electron chi connectivity index (χ1n) is 10.0. The Morgan fingerprint density at radius 3 is 2.06 bits per heavy atom. The van der Waals surface area contributed by atoms with Gasteiger partial charge in [0, 0.05) is 18.9 Å². The number of methoxy groups -OCH3 is 4. The Kier molecular flexibility index (Phi) is 4.81. The number of hydrogen-bond donors (Lipinski definition) is 0. The fraction of sp³-hybridized carbons (Fsp3) is 0.435. The van der Waals surface area contributed by atoms with Crippen molar-refractivity contribution in [2.45, 2.75) is 12.0 Å². The molecule has 0 bridgehead atoms. The van der Waals surface area contributed by atoms with E-state index in [4.69, 9.17) is 33.2 Å². The van der Waals surface area contributed by atoms with Gasteiger partial charge in [0.25, 0.3) is 0 Å². The summed E-state index contributed by atoms with van der Waals surface area (Å²) in [7, 11) is 6.35. The van der Waals surface area contributed by atoms with Crippen molar-refractivity contribution in [3.63, 3.8) is 0 Å². The molecule has 0 spiro atoms. The molecule has 8 nitrogen and oxygen atoms in total. The van der Waals surface area contributed by atoms with Crippen molar-refractivity contribution < 1.29 is 38.0 Å². The van der Waals surface area contributed by atoms with Crippen molar-refractivity contribution in [2.24, 2.45) is 11.8 Å². The lowest BCUT2D eigenvalue weighted by atomic mass is 9.66. The second kappa shape index (κ2) is 7.53. The number of carbonyl (C=O) groups is 1. The molecular formula is C23H24O8. The van der Waals surface area contributed by atoms with Crippen LogP contribution < -0.4 is 23.7 Å². The maximum Gasteiger partial charge on any atom is 0.310 e. The predicted octanol–water partition coefficient (Wildman–Crippen LogP) is 3.06. The molecule has 2 aromatic rings. The standard InChI is InChI=1S/C23H24O8/c1-25-17-5-11(6-18(26-2)22(17)28-4)19-12-7-15-16(31-10-30-15)8-13(12)21(27-3)14-9-29-23(24)20(14)19/h5-8,14,19-21H,9-10H2,1-4H3/t14?,19-,20?,21+/m1/s1. The van der Waals surface area contributed by atoms with Gasteiger partial charge in [-0.05, 0) is 41.0 Å². The molecule has 1 saturated heterocycles. The Balaban J connectivity index is 1.75. The van der Waals surface area contributed by atoms with Gasteiger partial charge in [-0.1, -0.05) is 0 Å². The van der Waals surface area contributed by atoms with Crippen LogP contribution in [0.1, 0.15) is 28.7 Å². The Morgan fingerprint density at radius 1 is 0.839 bits per heavy atom. The van der Waals surface area contributed by atoms with E-state index in [-0.39, 0.29) is 30.7 Å². The minimum absolute atomic E-state index is 0.130. The van der Waals surface area contributed by atoms with E-state index in [1.807, 2.05) is 24.3 Å². The highest BCUT2D eigenvalue weighted by Gasteiger charge is 2.53. The van der Waals surface area contributed by atoms with Gasteiger partial charge in [-0.15, -0.1) is 0 Å². The Labute approximate surface area is 179 Å². The van der Waals surface area contributed by atoms with Gasteiger partial charge in [-0.2, -0.15) is 0 Å². The van der Waals surface area contributed by atoms with E-state index in [0.717, 1.165) is 16.7 Å². The van der Waals surface area contributed by atoms with Crippen LogP contribution in [0.2, 0.25) is 0 Å². The molecule has 164 valence electrons. The summed E-state index contributed by atoms with van der Waals surface area (Å²) >= 11 is 0. The van der Waals surface area contributed by atoms with Gasteiger partial charge in [0.05, 0.1) is 40.0 Å². The first-order valence-corrected chi connectivity index (χ1v) is 10.0. The van der Waals surface area contributed by atoms with Crippen molar-refractivity contribution in [3.8, 4) is 28.7 Å². The van der Waals surface area contributed by atoms with Crippen molar-refractivity contribution >= 4 is 5.97 Å². The number of hydrogen-bond acceptors (Lipinski definition) is 8. The Hall–Kier alpha value is -3.13. The van der Waals surface area contributed by atoms with Crippen LogP contribution in [0.4, 0.5) is 0 Å². The third kappa shape index (κ3) is 2.89. The molecule has 0 N–H and O–H groups in total. The summed E-state index contributed by atoms with van der Waals surface area (Å²) in [6.07, 6.45) is -0.292. The molecule has 31 heavy (non-hydrogen) atoms. The van der Waals surface area contributed by atoms with Crippen LogP contribution in [0.15, 0.2) is 24.3 Å². The smallest absolute Gasteiger partial charge is 0.310 e. The first kappa shape index (κ1) is 19.8. The molecule has 2 heterocycles. The van der Waals surface area contributed by atoms with Crippen LogP contribution in [-0.4, -0.2) is 47.8 Å². The number of benzene rings is 2. The molecule has 0 radical (unpaired) electrons. The minimum atomic E-state index is -0.416. The zero-order valence-electron chi connectivity index (χ0n) is 17.8. The monoisotopic (exact) mass is 428 g/mol. The summed E-state index contributed by atoms with van der Waals surface area (Å²) in [6.45, 7) is 0.469. The number of fused-ring (bicyclic) bond motifs is 3. The molecule has 4 atom stereocenters. The van der Waals surface area contributed by atoms with Gasteiger partial charge in [0.2, 0.25) is 12.5 Å². The SMILES string of the molecule is COc1cc([C@@H]2c3cc4c(cc3[C@H](OC)C3COC(=O)C32)OCO4)cc(OC)c1OC. The molecule has 0 amide bonds. The lowest BCUT2D eigenvalue weighted by Gasteiger charge is -2.38. The minimum Gasteiger partial charge on any atom is -0.493 e. The van der Waals surface area contributed by atoms with Crippen LogP contribution in [0, 0.1) is 11.8 Å². The van der Waals surface area contributed by atoms with Gasteiger partial charge in [0.1, 0.15) is 0 Å². The van der Waals surface area contributed by atoms with Crippen LogP contribution in [0.5, 0.6) is 28.7 Å². The average molecular weight is 428 g/mol. The molecular weight excluding hydrogens is 404 g/mol. The summed E-state index contributed by atoms with van der Waals surface area (Å²) in [4.78, 5) is 12.9. The van der Waals surface area contributed by atoms with Gasteiger partial charge >= 0.3 is 5.97 Å². The second-order valence-corrected chi connectivity index (χ2v) is 7.75. The summed E-state index contributed by atoms with van der Waals surface area (Å²) in [5.74, 6) is 1.78. The Morgan fingerprint density at radius 2 is 1.48 bits per heavy atom. The van der Waals surface area contributed by atoms with E-state index >= 15 is 0 Å². The number of carbonyl (C=O) groups excluding carboxylic acids is 1. The van der Waals surface area contributed by atoms with Crippen LogP contribution in [0.25, 0.3) is 0 Å². The maximum atomic E-state index is 12.9. The van der Waals surface area contributed by atoms with Crippen molar-refractivity contribution in [2.75, 3.05) is 41.8 Å². The molecule has 2 unspecified atom stereocenters. The quantitative estimate of drug-likeness (QED) is 0.672. The molecule has 1 aliphatic carbocycles. The van der Waals surface area contributed by atoms with Crippen molar-refractivity contribution in [1.82, 2.24) is 0 Å². The third-order valence-electron chi connectivity index (χ3n) is 6.42. The van der Waals surface area contributed by atoms with E-state index < -0.39 is 5.92 Å². The zero-order chi connectivity index (χ0) is 21.7. The lowest BCUT2D eigenvalue weighted by molar-refractivity contribution is -0.141. The zero-order valence-corrected chi connectivity index (χ0v) is 17.8. The largest absolute Gasteiger partial charge is 0.493 e. The molecule has 3 aliphatic rings. The van der Waals surface area contributed by atoms with Gasteiger partial charge < -0.3 is 33.2 Å². The predicted molar refractivity (Wildman–Crippen MR) is 108 cm³/mol. The highest BCUT2D eigenvalue weighted by Crippen LogP contribution is 2.56. The lowest BCUT2D eigenvalue weighted by Crippen LogP contribution is -2.35. The molecule has 1 fully saturated rings. The molecule has 5 rings (SSSR count). The highest BCUT2D eigenvalue weighted by atomic mass is 16.7. The molecule has 8 heteroatoms. The maximum absolute atomic E-state index is 12.9. The number of esters is 1.